The number of aromatic amines is 1. The van der Waals surface area contributed by atoms with E-state index in [4.69, 9.17) is 38.0 Å². The number of aryl methyl sites for hydroxylation is 1. The first kappa shape index (κ1) is 25.6. The Hall–Kier alpha value is -2.72. The maximum Gasteiger partial charge on any atom is 0.196 e. The molecule has 0 spiro atoms. The molecule has 6 rings (SSSR count). The molecule has 198 valence electrons. The van der Waals surface area contributed by atoms with Gasteiger partial charge in [0.2, 0.25) is 0 Å². The number of rotatable bonds is 6. The number of pyridine rings is 1. The van der Waals surface area contributed by atoms with Crippen LogP contribution in [0.2, 0.25) is 5.02 Å². The van der Waals surface area contributed by atoms with Gasteiger partial charge in [0, 0.05) is 48.1 Å². The predicted octanol–water partition coefficient (Wildman–Crippen LogP) is 5.21. The third-order valence-electron chi connectivity index (χ3n) is 7.80. The van der Waals surface area contributed by atoms with Crippen LogP contribution in [-0.4, -0.2) is 50.9 Å². The molecule has 4 heterocycles. The number of anilines is 1. The van der Waals surface area contributed by atoms with Crippen molar-refractivity contribution in [3.63, 3.8) is 0 Å². The van der Waals surface area contributed by atoms with Crippen molar-refractivity contribution >= 4 is 56.9 Å². The number of nitrogens with two attached hydrogens (primary N) is 2. The molecule has 1 aliphatic carbocycles. The minimum atomic E-state index is -0.0360. The number of carbonyl (C=O) groups excluding carboxylic acids is 1. The fourth-order valence-corrected chi connectivity index (χ4v) is 6.93. The Labute approximate surface area is 230 Å². The van der Waals surface area contributed by atoms with Gasteiger partial charge in [0.15, 0.2) is 10.9 Å². The van der Waals surface area contributed by atoms with Crippen LogP contribution in [-0.2, 0) is 6.42 Å². The van der Waals surface area contributed by atoms with E-state index in [0.717, 1.165) is 83.5 Å². The topological polar surface area (TPSA) is 127 Å². The van der Waals surface area contributed by atoms with Gasteiger partial charge in [-0.3, -0.25) is 4.79 Å². The van der Waals surface area contributed by atoms with Gasteiger partial charge in [0.1, 0.15) is 17.2 Å². The summed E-state index contributed by atoms with van der Waals surface area (Å²) < 4.78 is 0. The van der Waals surface area contributed by atoms with E-state index in [1.807, 2.05) is 12.1 Å². The standard InChI is InChI=1S/C28H32ClN7OS/c1-3-21-25(29)24-26(33-21)34-28(35-27(24)36-9-8-17(31)13-36)38-18-6-7-19-20(15-4-5-16(30)10-15)12-22(14(2)37)32-23(19)11-18/h6-7,11-12,15-17H,3-5,8-10,13,30-31H2,1-2H3,(H,33,34,35)/t15?,16-,17-/m1/s1. The number of ketones is 1. The lowest BCUT2D eigenvalue weighted by Crippen LogP contribution is -2.27. The van der Waals surface area contributed by atoms with Gasteiger partial charge in [-0.25, -0.2) is 15.0 Å². The fourth-order valence-electron chi connectivity index (χ4n) is 5.79. The second-order valence-corrected chi connectivity index (χ2v) is 11.9. The second kappa shape index (κ2) is 10.1. The van der Waals surface area contributed by atoms with Crippen LogP contribution in [0, 0.1) is 0 Å². The highest BCUT2D eigenvalue weighted by molar-refractivity contribution is 7.99. The zero-order valence-electron chi connectivity index (χ0n) is 21.6. The molecule has 1 unspecified atom stereocenters. The molecule has 0 amide bonds. The highest BCUT2D eigenvalue weighted by atomic mass is 35.5. The van der Waals surface area contributed by atoms with Crippen LogP contribution in [0.15, 0.2) is 34.3 Å². The van der Waals surface area contributed by atoms with E-state index >= 15 is 0 Å². The molecule has 2 aliphatic rings. The van der Waals surface area contributed by atoms with Crippen LogP contribution in [0.4, 0.5) is 5.82 Å². The molecule has 8 nitrogen and oxygen atoms in total. The summed E-state index contributed by atoms with van der Waals surface area (Å²) in [6, 6.07) is 8.50. The van der Waals surface area contributed by atoms with Gasteiger partial charge < -0.3 is 21.4 Å². The lowest BCUT2D eigenvalue weighted by Gasteiger charge is -2.19. The summed E-state index contributed by atoms with van der Waals surface area (Å²) in [5, 5.41) is 3.23. The molecule has 10 heteroatoms. The van der Waals surface area contributed by atoms with Crippen LogP contribution in [0.1, 0.15) is 67.2 Å². The van der Waals surface area contributed by atoms with E-state index in [-0.39, 0.29) is 17.9 Å². The van der Waals surface area contributed by atoms with E-state index < -0.39 is 0 Å². The normalized spacial score (nSPS) is 21.7. The van der Waals surface area contributed by atoms with Gasteiger partial charge in [-0.05, 0) is 73.5 Å². The zero-order chi connectivity index (χ0) is 26.6. The van der Waals surface area contributed by atoms with Gasteiger partial charge >= 0.3 is 0 Å². The van der Waals surface area contributed by atoms with Gasteiger partial charge in [-0.15, -0.1) is 0 Å². The first-order valence-corrected chi connectivity index (χ1v) is 14.5. The fraction of sp³-hybridized carbons (Fsp3) is 0.429. The number of hydrogen-bond acceptors (Lipinski definition) is 8. The average Bonchev–Trinajstić information content (AvgIpc) is 3.61. The van der Waals surface area contributed by atoms with Gasteiger partial charge in [0.05, 0.1) is 15.9 Å². The Bertz CT molecular complexity index is 1550. The third kappa shape index (κ3) is 4.66. The van der Waals surface area contributed by atoms with Crippen molar-refractivity contribution in [2.45, 2.75) is 74.0 Å². The summed E-state index contributed by atoms with van der Waals surface area (Å²) in [6.07, 6.45) is 4.66. The summed E-state index contributed by atoms with van der Waals surface area (Å²) >= 11 is 8.23. The number of nitrogens with zero attached hydrogens (tertiary/aromatic N) is 4. The molecular formula is C28H32ClN7OS. The molecule has 1 saturated heterocycles. The number of aromatic nitrogens is 4. The number of hydrogen-bond donors (Lipinski definition) is 3. The maximum absolute atomic E-state index is 12.3. The Morgan fingerprint density at radius 3 is 2.68 bits per heavy atom. The molecule has 0 radical (unpaired) electrons. The SMILES string of the molecule is CCc1[nH]c2nc(Sc3ccc4c(C5CC[C@@H](N)C5)cc(C(C)=O)nc4c3)nc(N3CC[C@@H](N)C3)c2c1Cl. The minimum absolute atomic E-state index is 0.0360. The molecule has 1 saturated carbocycles. The molecule has 1 aromatic carbocycles. The quantitative estimate of drug-likeness (QED) is 0.221. The van der Waals surface area contributed by atoms with Gasteiger partial charge in [-0.2, -0.15) is 0 Å². The molecule has 1 aliphatic heterocycles. The smallest absolute Gasteiger partial charge is 0.196 e. The van der Waals surface area contributed by atoms with Crippen molar-refractivity contribution in [1.82, 2.24) is 19.9 Å². The molecular weight excluding hydrogens is 518 g/mol. The summed E-state index contributed by atoms with van der Waals surface area (Å²) in [4.78, 5) is 33.4. The van der Waals surface area contributed by atoms with Gasteiger partial charge in [0.25, 0.3) is 0 Å². The molecule has 0 bridgehead atoms. The van der Waals surface area contributed by atoms with E-state index in [1.54, 1.807) is 6.92 Å². The molecule has 38 heavy (non-hydrogen) atoms. The monoisotopic (exact) mass is 549 g/mol. The summed E-state index contributed by atoms with van der Waals surface area (Å²) in [5.74, 6) is 1.13. The summed E-state index contributed by atoms with van der Waals surface area (Å²) in [6.45, 7) is 5.20. The van der Waals surface area contributed by atoms with Crippen molar-refractivity contribution in [1.29, 1.82) is 0 Å². The van der Waals surface area contributed by atoms with Crippen LogP contribution >= 0.6 is 23.4 Å². The Balaban J connectivity index is 1.41. The first-order chi connectivity index (χ1) is 18.3. The molecule has 3 aromatic heterocycles. The van der Waals surface area contributed by atoms with Crippen molar-refractivity contribution in [2.75, 3.05) is 18.0 Å². The van der Waals surface area contributed by atoms with Crippen molar-refractivity contribution < 1.29 is 4.79 Å². The number of nitrogens with one attached hydrogen (secondary N) is 1. The van der Waals surface area contributed by atoms with Crippen LogP contribution in [0.3, 0.4) is 0 Å². The second-order valence-electron chi connectivity index (χ2n) is 10.5. The number of Topliss-reactive ketones (excluding diaryl/α,β-unsaturated/α-hetero) is 1. The van der Waals surface area contributed by atoms with Crippen LogP contribution in [0.5, 0.6) is 0 Å². The highest BCUT2D eigenvalue weighted by Gasteiger charge is 2.27. The molecule has 3 atom stereocenters. The maximum atomic E-state index is 12.3. The molecule has 5 N–H and O–H groups in total. The lowest BCUT2D eigenvalue weighted by atomic mass is 9.93. The van der Waals surface area contributed by atoms with E-state index in [2.05, 4.69) is 28.9 Å². The Morgan fingerprint density at radius 2 is 2.00 bits per heavy atom. The lowest BCUT2D eigenvalue weighted by molar-refractivity contribution is 0.101. The van der Waals surface area contributed by atoms with E-state index in [0.29, 0.717) is 21.8 Å². The highest BCUT2D eigenvalue weighted by Crippen LogP contribution is 2.40. The summed E-state index contributed by atoms with van der Waals surface area (Å²) in [7, 11) is 0. The van der Waals surface area contributed by atoms with E-state index in [9.17, 15) is 4.79 Å². The van der Waals surface area contributed by atoms with Crippen molar-refractivity contribution in [3.8, 4) is 0 Å². The zero-order valence-corrected chi connectivity index (χ0v) is 23.2. The number of H-pyrrole nitrogens is 1. The Morgan fingerprint density at radius 1 is 1.16 bits per heavy atom. The van der Waals surface area contributed by atoms with Gasteiger partial charge in [-0.1, -0.05) is 24.6 Å². The first-order valence-electron chi connectivity index (χ1n) is 13.3. The average molecular weight is 550 g/mol. The van der Waals surface area contributed by atoms with Crippen molar-refractivity contribution in [3.05, 3.63) is 46.2 Å². The Kier molecular flexibility index (Phi) is 6.80. The number of carbonyl (C=O) groups is 1. The van der Waals surface area contributed by atoms with E-state index in [1.165, 1.54) is 17.3 Å². The minimum Gasteiger partial charge on any atom is -0.354 e. The largest absolute Gasteiger partial charge is 0.354 e. The van der Waals surface area contributed by atoms with Crippen molar-refractivity contribution in [2.24, 2.45) is 11.5 Å². The third-order valence-corrected chi connectivity index (χ3v) is 9.07. The summed E-state index contributed by atoms with van der Waals surface area (Å²) in [5.41, 5.74) is 16.6. The molecule has 4 aromatic rings. The van der Waals surface area contributed by atoms with Crippen LogP contribution in [0.25, 0.3) is 21.9 Å². The number of fused-ring (bicyclic) bond motifs is 2. The predicted molar refractivity (Wildman–Crippen MR) is 154 cm³/mol. The molecule has 2 fully saturated rings. The number of benzene rings is 1. The number of halogens is 1. The van der Waals surface area contributed by atoms with Crippen LogP contribution < -0.4 is 16.4 Å².